The summed E-state index contributed by atoms with van der Waals surface area (Å²) in [7, 11) is 0. The lowest BCUT2D eigenvalue weighted by Crippen LogP contribution is -2.20. The first kappa shape index (κ1) is 21.8. The first-order valence-electron chi connectivity index (χ1n) is 9.11. The lowest BCUT2D eigenvalue weighted by atomic mass is 10.2. The zero-order valence-electron chi connectivity index (χ0n) is 16.5. The minimum absolute atomic E-state index is 0.106. The van der Waals surface area contributed by atoms with Crippen LogP contribution >= 0.6 is 23.4 Å². The van der Waals surface area contributed by atoms with E-state index in [2.05, 4.69) is 20.6 Å². The average Bonchev–Trinajstić information content (AvgIpc) is 3.36. The van der Waals surface area contributed by atoms with Crippen molar-refractivity contribution in [3.05, 3.63) is 59.1 Å². The molecule has 2 aromatic carbocycles. The number of nitrogens with zero attached hydrogens (tertiary/aromatic N) is 4. The molecule has 0 saturated carbocycles. The molecule has 2 heterocycles. The van der Waals surface area contributed by atoms with Gasteiger partial charge >= 0.3 is 0 Å². The molecule has 12 heteroatoms. The van der Waals surface area contributed by atoms with Crippen LogP contribution in [0.5, 0.6) is 0 Å². The van der Waals surface area contributed by atoms with Crippen molar-refractivity contribution in [2.24, 2.45) is 0 Å². The monoisotopic (exact) mass is 476 g/mol. The maximum absolute atomic E-state index is 13.4. The summed E-state index contributed by atoms with van der Waals surface area (Å²) < 4.78 is 33.1. The lowest BCUT2D eigenvalue weighted by Gasteiger charge is -2.07. The van der Waals surface area contributed by atoms with Gasteiger partial charge in [-0.1, -0.05) is 16.8 Å². The van der Waals surface area contributed by atoms with Crippen molar-refractivity contribution in [2.45, 2.75) is 11.6 Å². The number of nitrogen functional groups attached to an aromatic ring is 1. The van der Waals surface area contributed by atoms with Gasteiger partial charge in [-0.25, -0.2) is 13.5 Å². The van der Waals surface area contributed by atoms with Crippen molar-refractivity contribution < 1.29 is 18.1 Å². The van der Waals surface area contributed by atoms with Gasteiger partial charge in [0.25, 0.3) is 5.89 Å². The van der Waals surface area contributed by atoms with Crippen molar-refractivity contribution in [2.75, 3.05) is 17.3 Å². The largest absolute Gasteiger partial charge is 0.383 e. The van der Waals surface area contributed by atoms with E-state index < -0.39 is 17.5 Å². The minimum atomic E-state index is -1.07. The third-order valence-electron chi connectivity index (χ3n) is 4.39. The summed E-state index contributed by atoms with van der Waals surface area (Å²) in [6.07, 6.45) is 1.79. The molecule has 0 aliphatic rings. The van der Waals surface area contributed by atoms with Gasteiger partial charge in [-0.05, 0) is 42.7 Å². The topological polar surface area (TPSA) is 112 Å². The standard InChI is InChI=1S/C20H15ClF2N6O2S/c1-32-20-16(19-26-18(28-31-19)10-2-4-11(21)5-3-10)17(24)29(27-20)9-15(30)25-12-6-7-13(22)14(23)8-12/h2-8H,9,24H2,1H3,(H,25,30). The van der Waals surface area contributed by atoms with Crippen LogP contribution in [0, 0.1) is 11.6 Å². The second-order valence-corrected chi connectivity index (χ2v) is 7.77. The van der Waals surface area contributed by atoms with Gasteiger partial charge in [0.1, 0.15) is 23.0 Å². The molecule has 0 atom stereocenters. The molecule has 164 valence electrons. The van der Waals surface area contributed by atoms with E-state index in [4.69, 9.17) is 21.9 Å². The molecule has 4 rings (SSSR count). The highest BCUT2D eigenvalue weighted by Crippen LogP contribution is 2.35. The van der Waals surface area contributed by atoms with Gasteiger partial charge in [-0.2, -0.15) is 10.1 Å². The molecule has 32 heavy (non-hydrogen) atoms. The molecule has 0 spiro atoms. The van der Waals surface area contributed by atoms with Crippen LogP contribution in [0.15, 0.2) is 52.0 Å². The van der Waals surface area contributed by atoms with E-state index in [1.165, 1.54) is 22.5 Å². The van der Waals surface area contributed by atoms with Crippen LogP contribution in [0.1, 0.15) is 0 Å². The van der Waals surface area contributed by atoms with E-state index in [0.717, 1.165) is 12.1 Å². The molecule has 4 aromatic rings. The summed E-state index contributed by atoms with van der Waals surface area (Å²) in [5, 5.41) is 11.8. The van der Waals surface area contributed by atoms with Crippen LogP contribution in [0.3, 0.4) is 0 Å². The Morgan fingerprint density at radius 3 is 2.66 bits per heavy atom. The van der Waals surface area contributed by atoms with Gasteiger partial charge < -0.3 is 15.6 Å². The van der Waals surface area contributed by atoms with Gasteiger partial charge in [-0.15, -0.1) is 11.8 Å². The highest BCUT2D eigenvalue weighted by Gasteiger charge is 2.24. The second kappa shape index (κ2) is 8.97. The van der Waals surface area contributed by atoms with Crippen LogP contribution in [0.2, 0.25) is 5.02 Å². The molecule has 3 N–H and O–H groups in total. The van der Waals surface area contributed by atoms with Gasteiger partial charge in [0.2, 0.25) is 11.7 Å². The first-order valence-corrected chi connectivity index (χ1v) is 10.7. The van der Waals surface area contributed by atoms with E-state index in [-0.39, 0.29) is 23.9 Å². The average molecular weight is 477 g/mol. The summed E-state index contributed by atoms with van der Waals surface area (Å²) in [5.74, 6) is -1.98. The second-order valence-electron chi connectivity index (χ2n) is 6.53. The molecule has 0 unspecified atom stereocenters. The smallest absolute Gasteiger partial charge is 0.264 e. The van der Waals surface area contributed by atoms with Gasteiger partial charge in [0.15, 0.2) is 11.6 Å². The molecule has 0 bridgehead atoms. The number of amides is 1. The summed E-state index contributed by atoms with van der Waals surface area (Å²) in [6, 6.07) is 9.97. The fourth-order valence-corrected chi connectivity index (χ4v) is 3.57. The molecular formula is C20H15ClF2N6O2S. The number of thioether (sulfide) groups is 1. The number of carbonyl (C=O) groups excluding carboxylic acids is 1. The number of halogens is 3. The molecule has 0 aliphatic carbocycles. The van der Waals surface area contributed by atoms with E-state index >= 15 is 0 Å². The van der Waals surface area contributed by atoms with E-state index in [0.29, 0.717) is 27.0 Å². The summed E-state index contributed by atoms with van der Waals surface area (Å²) in [4.78, 5) is 16.8. The number of aromatic nitrogens is 4. The van der Waals surface area contributed by atoms with Crippen LogP contribution in [0.4, 0.5) is 20.3 Å². The lowest BCUT2D eigenvalue weighted by molar-refractivity contribution is -0.116. The van der Waals surface area contributed by atoms with Crippen molar-refractivity contribution in [3.63, 3.8) is 0 Å². The Hall–Kier alpha value is -3.44. The van der Waals surface area contributed by atoms with E-state index in [1.807, 2.05) is 0 Å². The molecule has 0 fully saturated rings. The maximum Gasteiger partial charge on any atom is 0.264 e. The van der Waals surface area contributed by atoms with Crippen LogP contribution in [-0.4, -0.2) is 32.1 Å². The predicted octanol–water partition coefficient (Wildman–Crippen LogP) is 4.47. The molecule has 0 radical (unpaired) electrons. The number of benzene rings is 2. The Morgan fingerprint density at radius 1 is 1.22 bits per heavy atom. The maximum atomic E-state index is 13.4. The van der Waals surface area contributed by atoms with E-state index in [1.54, 1.807) is 30.5 Å². The Kier molecular flexibility index (Phi) is 6.10. The SMILES string of the molecule is CSc1nn(CC(=O)Nc2ccc(F)c(F)c2)c(N)c1-c1nc(-c2ccc(Cl)cc2)no1. The minimum Gasteiger partial charge on any atom is -0.383 e. The Balaban J connectivity index is 1.57. The number of rotatable bonds is 6. The van der Waals surface area contributed by atoms with Crippen LogP contribution in [-0.2, 0) is 11.3 Å². The zero-order valence-corrected chi connectivity index (χ0v) is 18.0. The Bertz CT molecular complexity index is 1290. The van der Waals surface area contributed by atoms with Crippen molar-refractivity contribution in [1.29, 1.82) is 0 Å². The zero-order chi connectivity index (χ0) is 22.8. The third-order valence-corrected chi connectivity index (χ3v) is 5.32. The third kappa shape index (κ3) is 4.43. The number of anilines is 2. The molecular weight excluding hydrogens is 462 g/mol. The van der Waals surface area contributed by atoms with Crippen molar-refractivity contribution in [3.8, 4) is 22.8 Å². The summed E-state index contributed by atoms with van der Waals surface area (Å²) in [5.41, 5.74) is 7.42. The van der Waals surface area contributed by atoms with Crippen molar-refractivity contribution in [1.82, 2.24) is 19.9 Å². The van der Waals surface area contributed by atoms with Gasteiger partial charge in [0.05, 0.1) is 0 Å². The first-order chi connectivity index (χ1) is 15.4. The number of hydrogen-bond donors (Lipinski definition) is 2. The highest BCUT2D eigenvalue weighted by atomic mass is 35.5. The number of nitrogens with one attached hydrogen (secondary N) is 1. The summed E-state index contributed by atoms with van der Waals surface area (Å²) >= 11 is 7.19. The van der Waals surface area contributed by atoms with Gasteiger partial charge in [0, 0.05) is 22.3 Å². The molecule has 0 aliphatic heterocycles. The summed E-state index contributed by atoms with van der Waals surface area (Å²) in [6.45, 7) is -0.267. The fraction of sp³-hybridized carbons (Fsp3) is 0.100. The normalized spacial score (nSPS) is 11.0. The predicted molar refractivity (Wildman–Crippen MR) is 117 cm³/mol. The Morgan fingerprint density at radius 2 is 1.97 bits per heavy atom. The number of nitrogens with two attached hydrogens (primary N) is 1. The highest BCUT2D eigenvalue weighted by molar-refractivity contribution is 7.98. The Labute approximate surface area is 189 Å². The number of carbonyl (C=O) groups is 1. The van der Waals surface area contributed by atoms with Crippen LogP contribution in [0.25, 0.3) is 22.8 Å². The quantitative estimate of drug-likeness (QED) is 0.395. The number of hydrogen-bond acceptors (Lipinski definition) is 7. The van der Waals surface area contributed by atoms with Gasteiger partial charge in [-0.3, -0.25) is 4.79 Å². The molecule has 2 aromatic heterocycles. The van der Waals surface area contributed by atoms with Crippen LogP contribution < -0.4 is 11.1 Å². The molecule has 0 saturated heterocycles. The molecule has 8 nitrogen and oxygen atoms in total. The van der Waals surface area contributed by atoms with E-state index in [9.17, 15) is 13.6 Å². The molecule has 1 amide bonds. The fourth-order valence-electron chi connectivity index (χ4n) is 2.87. The van der Waals surface area contributed by atoms with Crippen molar-refractivity contribution >= 4 is 40.8 Å².